The lowest BCUT2D eigenvalue weighted by Gasteiger charge is -2.25. The van der Waals surface area contributed by atoms with E-state index in [0.717, 1.165) is 0 Å². The van der Waals surface area contributed by atoms with Gasteiger partial charge in [-0.05, 0) is 25.0 Å². The Labute approximate surface area is 125 Å². The number of rotatable bonds is 3. The number of hydrogen-bond acceptors (Lipinski definition) is 5. The molecule has 114 valence electrons. The van der Waals surface area contributed by atoms with Gasteiger partial charge in [-0.15, -0.1) is 0 Å². The smallest absolute Gasteiger partial charge is 0.261 e. The Morgan fingerprint density at radius 2 is 2.09 bits per heavy atom. The highest BCUT2D eigenvalue weighted by Crippen LogP contribution is 2.17. The van der Waals surface area contributed by atoms with Crippen LogP contribution in [-0.2, 0) is 16.1 Å². The van der Waals surface area contributed by atoms with Crippen molar-refractivity contribution in [2.45, 2.75) is 25.4 Å². The maximum Gasteiger partial charge on any atom is 0.261 e. The number of fused-ring (bicyclic) bond motifs is 1. The van der Waals surface area contributed by atoms with Crippen LogP contribution in [0, 0.1) is 0 Å². The van der Waals surface area contributed by atoms with Gasteiger partial charge in [0.15, 0.2) is 0 Å². The highest BCUT2D eigenvalue weighted by Gasteiger charge is 2.29. The minimum absolute atomic E-state index is 0.222. The molecular formula is C15H14N3O4-. The third kappa shape index (κ3) is 2.45. The predicted molar refractivity (Wildman–Crippen MR) is 75.7 cm³/mol. The number of carboxylic acids is 1. The van der Waals surface area contributed by atoms with Crippen molar-refractivity contribution >= 4 is 22.8 Å². The van der Waals surface area contributed by atoms with Crippen molar-refractivity contribution in [3.63, 3.8) is 0 Å². The zero-order valence-corrected chi connectivity index (χ0v) is 11.8. The second kappa shape index (κ2) is 5.59. The number of amides is 1. The summed E-state index contributed by atoms with van der Waals surface area (Å²) in [5.74, 6) is -1.67. The van der Waals surface area contributed by atoms with E-state index in [4.69, 9.17) is 0 Å². The Bertz CT molecular complexity index is 799. The van der Waals surface area contributed by atoms with Crippen molar-refractivity contribution in [1.29, 1.82) is 0 Å². The summed E-state index contributed by atoms with van der Waals surface area (Å²) in [5, 5.41) is 11.5. The highest BCUT2D eigenvalue weighted by molar-refractivity contribution is 5.83. The summed E-state index contributed by atoms with van der Waals surface area (Å²) in [6.07, 6.45) is 2.32. The molecule has 0 bridgehead atoms. The Morgan fingerprint density at radius 1 is 1.32 bits per heavy atom. The number of carbonyl (C=O) groups is 2. The fourth-order valence-corrected chi connectivity index (χ4v) is 2.77. The minimum Gasteiger partial charge on any atom is -0.548 e. The third-order valence-corrected chi connectivity index (χ3v) is 3.88. The van der Waals surface area contributed by atoms with Gasteiger partial charge in [0.2, 0.25) is 5.91 Å². The van der Waals surface area contributed by atoms with Crippen LogP contribution in [0.3, 0.4) is 0 Å². The maximum absolute atomic E-state index is 12.3. The molecule has 0 N–H and O–H groups in total. The van der Waals surface area contributed by atoms with Crippen LogP contribution in [0.15, 0.2) is 35.4 Å². The number of carbonyl (C=O) groups excluding carboxylic acids is 2. The summed E-state index contributed by atoms with van der Waals surface area (Å²) in [6, 6.07) is 5.96. The van der Waals surface area contributed by atoms with Crippen molar-refractivity contribution in [3.8, 4) is 0 Å². The van der Waals surface area contributed by atoms with Gasteiger partial charge in [-0.1, -0.05) is 12.1 Å². The van der Waals surface area contributed by atoms with Gasteiger partial charge >= 0.3 is 0 Å². The summed E-state index contributed by atoms with van der Waals surface area (Å²) in [6.45, 7) is 0.147. The molecule has 7 heteroatoms. The molecule has 1 saturated heterocycles. The van der Waals surface area contributed by atoms with E-state index >= 15 is 0 Å². The SMILES string of the molecule is O=C([O-])[C@H]1CCCN1C(=O)Cn1cnc2ccccc2c1=O. The van der Waals surface area contributed by atoms with Gasteiger partial charge in [0, 0.05) is 6.54 Å². The van der Waals surface area contributed by atoms with Crippen molar-refractivity contribution in [1.82, 2.24) is 14.5 Å². The maximum atomic E-state index is 12.3. The summed E-state index contributed by atoms with van der Waals surface area (Å²) < 4.78 is 1.20. The lowest BCUT2D eigenvalue weighted by molar-refractivity contribution is -0.310. The van der Waals surface area contributed by atoms with E-state index in [0.29, 0.717) is 30.3 Å². The quantitative estimate of drug-likeness (QED) is 0.735. The molecule has 1 amide bonds. The first-order valence-electron chi connectivity index (χ1n) is 7.02. The number of aromatic nitrogens is 2. The Kier molecular flexibility index (Phi) is 3.62. The van der Waals surface area contributed by atoms with Crippen LogP contribution in [0.1, 0.15) is 12.8 Å². The van der Waals surface area contributed by atoms with Crippen LogP contribution in [-0.4, -0.2) is 38.9 Å². The van der Waals surface area contributed by atoms with Crippen LogP contribution in [0.4, 0.5) is 0 Å². The molecule has 1 fully saturated rings. The van der Waals surface area contributed by atoms with E-state index in [1.807, 2.05) is 0 Å². The number of aliphatic carboxylic acids is 1. The average molecular weight is 300 g/mol. The third-order valence-electron chi connectivity index (χ3n) is 3.88. The number of nitrogens with zero attached hydrogens (tertiary/aromatic N) is 3. The largest absolute Gasteiger partial charge is 0.548 e. The molecule has 1 aromatic heterocycles. The molecule has 3 rings (SSSR count). The molecule has 1 aliphatic heterocycles. The van der Waals surface area contributed by atoms with Crippen molar-refractivity contribution in [2.24, 2.45) is 0 Å². The molecule has 1 aliphatic rings. The molecule has 2 aromatic rings. The second-order valence-corrected chi connectivity index (χ2v) is 5.26. The van der Waals surface area contributed by atoms with Crippen LogP contribution in [0.25, 0.3) is 10.9 Å². The summed E-state index contributed by atoms with van der Waals surface area (Å²) in [4.78, 5) is 41.0. The molecule has 0 spiro atoms. The molecule has 22 heavy (non-hydrogen) atoms. The summed E-state index contributed by atoms with van der Waals surface area (Å²) in [7, 11) is 0. The van der Waals surface area contributed by atoms with E-state index in [-0.39, 0.29) is 12.1 Å². The standard InChI is InChI=1S/C15H15N3O4/c19-13(18-7-3-6-12(18)15(21)22)8-17-9-16-11-5-2-1-4-10(11)14(17)20/h1-2,4-5,9,12H,3,6-8H2,(H,21,22)/p-1/t12-/m1/s1. The first-order valence-corrected chi connectivity index (χ1v) is 7.02. The molecule has 0 aliphatic carbocycles. The monoisotopic (exact) mass is 300 g/mol. The lowest BCUT2D eigenvalue weighted by Crippen LogP contribution is -2.48. The van der Waals surface area contributed by atoms with Crippen molar-refractivity contribution in [2.75, 3.05) is 6.54 Å². The molecule has 0 unspecified atom stereocenters. The van der Waals surface area contributed by atoms with Crippen LogP contribution in [0.2, 0.25) is 0 Å². The van der Waals surface area contributed by atoms with Crippen molar-refractivity contribution in [3.05, 3.63) is 40.9 Å². The van der Waals surface area contributed by atoms with E-state index in [9.17, 15) is 19.5 Å². The van der Waals surface area contributed by atoms with E-state index in [2.05, 4.69) is 4.98 Å². The van der Waals surface area contributed by atoms with Crippen LogP contribution in [0.5, 0.6) is 0 Å². The van der Waals surface area contributed by atoms with Gasteiger partial charge < -0.3 is 14.8 Å². The van der Waals surface area contributed by atoms with Gasteiger partial charge in [0.1, 0.15) is 6.54 Å². The van der Waals surface area contributed by atoms with E-state index in [1.54, 1.807) is 24.3 Å². The fraction of sp³-hybridized carbons (Fsp3) is 0.333. The lowest BCUT2D eigenvalue weighted by atomic mass is 10.2. The minimum atomic E-state index is -1.25. The molecule has 1 aromatic carbocycles. The van der Waals surface area contributed by atoms with Crippen LogP contribution >= 0.6 is 0 Å². The van der Waals surface area contributed by atoms with E-state index in [1.165, 1.54) is 15.8 Å². The number of benzene rings is 1. The first kappa shape index (κ1) is 14.2. The molecule has 7 nitrogen and oxygen atoms in total. The number of hydrogen-bond donors (Lipinski definition) is 0. The van der Waals surface area contributed by atoms with Gasteiger partial charge in [0.25, 0.3) is 5.56 Å². The Hall–Kier alpha value is -2.70. The zero-order chi connectivity index (χ0) is 15.7. The summed E-state index contributed by atoms with van der Waals surface area (Å²) in [5.41, 5.74) is 0.244. The normalized spacial score (nSPS) is 17.8. The van der Waals surface area contributed by atoms with Crippen molar-refractivity contribution < 1.29 is 14.7 Å². The van der Waals surface area contributed by atoms with Gasteiger partial charge in [-0.25, -0.2) is 4.98 Å². The Balaban J connectivity index is 1.87. The predicted octanol–water partition coefficient (Wildman–Crippen LogP) is -0.863. The molecule has 1 atom stereocenters. The van der Waals surface area contributed by atoms with Gasteiger partial charge in [-0.3, -0.25) is 14.2 Å². The molecule has 0 radical (unpaired) electrons. The first-order chi connectivity index (χ1) is 10.6. The van der Waals surface area contributed by atoms with Gasteiger partial charge in [-0.2, -0.15) is 0 Å². The number of para-hydroxylation sites is 1. The second-order valence-electron chi connectivity index (χ2n) is 5.26. The van der Waals surface area contributed by atoms with E-state index < -0.39 is 17.9 Å². The molecule has 2 heterocycles. The number of carboxylic acid groups (broad SMARTS) is 1. The zero-order valence-electron chi connectivity index (χ0n) is 11.8. The summed E-state index contributed by atoms with van der Waals surface area (Å²) >= 11 is 0. The average Bonchev–Trinajstić information content (AvgIpc) is 3.00. The molecular weight excluding hydrogens is 286 g/mol. The van der Waals surface area contributed by atoms with Crippen LogP contribution < -0.4 is 10.7 Å². The Morgan fingerprint density at radius 3 is 2.86 bits per heavy atom. The highest BCUT2D eigenvalue weighted by atomic mass is 16.4. The van der Waals surface area contributed by atoms with Gasteiger partial charge in [0.05, 0.1) is 29.2 Å². The number of likely N-dealkylation sites (tertiary alicyclic amines) is 1. The fourth-order valence-electron chi connectivity index (χ4n) is 2.77. The molecule has 0 saturated carbocycles. The topological polar surface area (TPSA) is 95.3 Å².